The summed E-state index contributed by atoms with van der Waals surface area (Å²) in [6.45, 7) is 1.83. The van der Waals surface area contributed by atoms with Gasteiger partial charge >= 0.3 is 0 Å². The molecule has 2 heterocycles. The van der Waals surface area contributed by atoms with Crippen LogP contribution in [0.15, 0.2) is 35.0 Å². The molecule has 1 aliphatic rings. The molecule has 0 saturated heterocycles. The van der Waals surface area contributed by atoms with E-state index in [4.69, 9.17) is 4.42 Å². The Morgan fingerprint density at radius 3 is 3.06 bits per heavy atom. The fraction of sp³-hybridized carbons (Fsp3) is 0.231. The van der Waals surface area contributed by atoms with Gasteiger partial charge in [0, 0.05) is 17.5 Å². The van der Waals surface area contributed by atoms with Gasteiger partial charge in [-0.15, -0.1) is 0 Å². The molecule has 0 saturated carbocycles. The fourth-order valence-electron chi connectivity index (χ4n) is 2.10. The Morgan fingerprint density at radius 1 is 1.31 bits per heavy atom. The normalized spacial score (nSPS) is 16.4. The highest BCUT2D eigenvalue weighted by atomic mass is 19.1. The molecule has 1 aromatic carbocycles. The van der Waals surface area contributed by atoms with E-state index in [0.717, 1.165) is 36.0 Å². The van der Waals surface area contributed by atoms with Gasteiger partial charge in [0.2, 0.25) is 0 Å². The maximum Gasteiger partial charge on any atom is 0.134 e. The van der Waals surface area contributed by atoms with E-state index in [-0.39, 0.29) is 5.82 Å². The first-order valence-electron chi connectivity index (χ1n) is 5.41. The van der Waals surface area contributed by atoms with Gasteiger partial charge in [-0.25, -0.2) is 4.39 Å². The highest BCUT2D eigenvalue weighted by molar-refractivity contribution is 5.91. The van der Waals surface area contributed by atoms with Crippen LogP contribution >= 0.6 is 0 Å². The van der Waals surface area contributed by atoms with Crippen molar-refractivity contribution < 1.29 is 8.81 Å². The van der Waals surface area contributed by atoms with Gasteiger partial charge in [0.05, 0.1) is 6.26 Å². The molecule has 0 unspecified atom stereocenters. The number of hydrogen-bond donors (Lipinski definition) is 1. The lowest BCUT2D eigenvalue weighted by Gasteiger charge is -2.12. The zero-order valence-electron chi connectivity index (χ0n) is 8.79. The Morgan fingerprint density at radius 2 is 2.25 bits per heavy atom. The molecule has 0 fully saturated rings. The summed E-state index contributed by atoms with van der Waals surface area (Å²) < 4.78 is 18.6. The monoisotopic (exact) mass is 217 g/mol. The Balaban J connectivity index is 2.16. The van der Waals surface area contributed by atoms with Gasteiger partial charge in [-0.1, -0.05) is 6.08 Å². The molecule has 0 atom stereocenters. The minimum atomic E-state index is -0.223. The standard InChI is InChI=1S/C13H12FNO/c14-10-3-4-13-11(6-10)12(8-16-13)9-2-1-5-15-7-9/h2-4,6,8,15H,1,5,7H2. The average molecular weight is 217 g/mol. The van der Waals surface area contributed by atoms with Crippen LogP contribution in [0.2, 0.25) is 0 Å². The van der Waals surface area contributed by atoms with Crippen molar-refractivity contribution in [3.8, 4) is 0 Å². The summed E-state index contributed by atoms with van der Waals surface area (Å²) in [5.41, 5.74) is 2.93. The summed E-state index contributed by atoms with van der Waals surface area (Å²) >= 11 is 0. The van der Waals surface area contributed by atoms with Gasteiger partial charge in [0.1, 0.15) is 11.4 Å². The predicted molar refractivity (Wildman–Crippen MR) is 61.6 cm³/mol. The van der Waals surface area contributed by atoms with Crippen LogP contribution in [0.5, 0.6) is 0 Å². The zero-order valence-corrected chi connectivity index (χ0v) is 8.79. The second-order valence-corrected chi connectivity index (χ2v) is 3.98. The molecule has 3 rings (SSSR count). The number of hydrogen-bond acceptors (Lipinski definition) is 2. The van der Waals surface area contributed by atoms with Crippen molar-refractivity contribution >= 4 is 16.5 Å². The number of nitrogens with one attached hydrogen (secondary N) is 1. The lowest BCUT2D eigenvalue weighted by Crippen LogP contribution is -2.21. The van der Waals surface area contributed by atoms with Crippen LogP contribution in [0, 0.1) is 5.82 Å². The van der Waals surface area contributed by atoms with Gasteiger partial charge in [-0.3, -0.25) is 0 Å². The van der Waals surface area contributed by atoms with Crippen LogP contribution < -0.4 is 5.32 Å². The molecule has 1 aliphatic heterocycles. The first kappa shape index (κ1) is 9.60. The Kier molecular flexibility index (Phi) is 2.26. The van der Waals surface area contributed by atoms with Crippen LogP contribution in [-0.2, 0) is 0 Å². The van der Waals surface area contributed by atoms with E-state index in [0.29, 0.717) is 0 Å². The third-order valence-corrected chi connectivity index (χ3v) is 2.91. The SMILES string of the molecule is Fc1ccc2occ(C3=CCCNC3)c2c1. The Labute approximate surface area is 92.8 Å². The second-order valence-electron chi connectivity index (χ2n) is 3.98. The zero-order chi connectivity index (χ0) is 11.0. The Bertz CT molecular complexity index is 556. The molecule has 1 aromatic heterocycles. The van der Waals surface area contributed by atoms with Crippen molar-refractivity contribution in [2.45, 2.75) is 6.42 Å². The number of halogens is 1. The largest absolute Gasteiger partial charge is 0.464 e. The summed E-state index contributed by atoms with van der Waals surface area (Å²) in [7, 11) is 0. The van der Waals surface area contributed by atoms with Gasteiger partial charge < -0.3 is 9.73 Å². The van der Waals surface area contributed by atoms with Crippen LogP contribution in [0.1, 0.15) is 12.0 Å². The summed E-state index contributed by atoms with van der Waals surface area (Å²) in [5.74, 6) is -0.223. The average Bonchev–Trinajstić information content (AvgIpc) is 2.73. The van der Waals surface area contributed by atoms with E-state index >= 15 is 0 Å². The van der Waals surface area contributed by atoms with Crippen LogP contribution in [-0.4, -0.2) is 13.1 Å². The number of benzene rings is 1. The molecule has 0 bridgehead atoms. The molecular formula is C13H12FNO. The smallest absolute Gasteiger partial charge is 0.134 e. The van der Waals surface area contributed by atoms with Crippen molar-refractivity contribution in [1.29, 1.82) is 0 Å². The van der Waals surface area contributed by atoms with Crippen molar-refractivity contribution in [1.82, 2.24) is 5.32 Å². The van der Waals surface area contributed by atoms with Gasteiger partial charge in [-0.2, -0.15) is 0 Å². The molecule has 2 aromatic rings. The fourth-order valence-corrected chi connectivity index (χ4v) is 2.10. The van der Waals surface area contributed by atoms with E-state index in [1.165, 1.54) is 17.7 Å². The molecule has 1 N–H and O–H groups in total. The Hall–Kier alpha value is -1.61. The molecule has 0 aliphatic carbocycles. The van der Waals surface area contributed by atoms with Crippen molar-refractivity contribution in [3.63, 3.8) is 0 Å². The van der Waals surface area contributed by atoms with Crippen molar-refractivity contribution in [2.75, 3.05) is 13.1 Å². The van der Waals surface area contributed by atoms with Crippen molar-refractivity contribution in [2.24, 2.45) is 0 Å². The van der Waals surface area contributed by atoms with Gasteiger partial charge in [0.25, 0.3) is 0 Å². The van der Waals surface area contributed by atoms with Gasteiger partial charge in [0.15, 0.2) is 0 Å². The van der Waals surface area contributed by atoms with Gasteiger partial charge in [-0.05, 0) is 36.7 Å². The minimum absolute atomic E-state index is 0.223. The summed E-state index contributed by atoms with van der Waals surface area (Å²) in [6, 6.07) is 4.62. The first-order chi connectivity index (χ1) is 7.84. The molecule has 16 heavy (non-hydrogen) atoms. The number of fused-ring (bicyclic) bond motifs is 1. The molecule has 0 amide bonds. The highest BCUT2D eigenvalue weighted by Crippen LogP contribution is 2.28. The molecular weight excluding hydrogens is 205 g/mol. The quantitative estimate of drug-likeness (QED) is 0.794. The van der Waals surface area contributed by atoms with E-state index in [9.17, 15) is 4.39 Å². The van der Waals surface area contributed by atoms with Crippen LogP contribution in [0.3, 0.4) is 0 Å². The molecule has 3 heteroatoms. The van der Waals surface area contributed by atoms with Crippen LogP contribution in [0.4, 0.5) is 4.39 Å². The summed E-state index contributed by atoms with van der Waals surface area (Å²) in [4.78, 5) is 0. The molecule has 0 radical (unpaired) electrons. The summed E-state index contributed by atoms with van der Waals surface area (Å²) in [6.07, 6.45) is 4.91. The minimum Gasteiger partial charge on any atom is -0.464 e. The van der Waals surface area contributed by atoms with E-state index in [1.807, 2.05) is 0 Å². The highest BCUT2D eigenvalue weighted by Gasteiger charge is 2.12. The first-order valence-corrected chi connectivity index (χ1v) is 5.41. The number of rotatable bonds is 1. The molecule has 0 spiro atoms. The van der Waals surface area contributed by atoms with E-state index in [1.54, 1.807) is 12.3 Å². The second kappa shape index (κ2) is 3.76. The van der Waals surface area contributed by atoms with E-state index in [2.05, 4.69) is 11.4 Å². The summed E-state index contributed by atoms with van der Waals surface area (Å²) in [5, 5.41) is 4.16. The maximum absolute atomic E-state index is 13.2. The topological polar surface area (TPSA) is 25.2 Å². The van der Waals surface area contributed by atoms with Crippen LogP contribution in [0.25, 0.3) is 16.5 Å². The third kappa shape index (κ3) is 1.53. The van der Waals surface area contributed by atoms with E-state index < -0.39 is 0 Å². The number of furan rings is 1. The predicted octanol–water partition coefficient (Wildman–Crippen LogP) is 2.95. The molecule has 2 nitrogen and oxygen atoms in total. The molecule has 82 valence electrons. The third-order valence-electron chi connectivity index (χ3n) is 2.91. The lowest BCUT2D eigenvalue weighted by molar-refractivity contribution is 0.608. The lowest BCUT2D eigenvalue weighted by atomic mass is 10.0. The maximum atomic E-state index is 13.2. The van der Waals surface area contributed by atoms with Crippen molar-refractivity contribution in [3.05, 3.63) is 41.9 Å².